The third-order valence-corrected chi connectivity index (χ3v) is 3.34. The second-order valence-corrected chi connectivity index (χ2v) is 5.62. The maximum atomic E-state index is 11.9. The third kappa shape index (κ3) is 6.34. The second-order valence-electron chi connectivity index (χ2n) is 5.62. The SMILES string of the molecule is CNC(=O)C(CC(C)C)NC(=O)COC1CCNCC1. The number of carbonyl (C=O) groups is 2. The van der Waals surface area contributed by atoms with E-state index in [4.69, 9.17) is 4.74 Å². The molecule has 6 heteroatoms. The quantitative estimate of drug-likeness (QED) is 0.617. The molecule has 1 aliphatic rings. The van der Waals surface area contributed by atoms with Gasteiger partial charge in [-0.15, -0.1) is 0 Å². The first-order valence-corrected chi connectivity index (χ1v) is 7.36. The van der Waals surface area contributed by atoms with Crippen molar-refractivity contribution in [2.75, 3.05) is 26.7 Å². The van der Waals surface area contributed by atoms with Gasteiger partial charge in [0, 0.05) is 7.05 Å². The fraction of sp³-hybridized carbons (Fsp3) is 0.857. The third-order valence-electron chi connectivity index (χ3n) is 3.34. The van der Waals surface area contributed by atoms with E-state index in [0.717, 1.165) is 25.9 Å². The van der Waals surface area contributed by atoms with Crippen molar-refractivity contribution in [3.8, 4) is 0 Å². The van der Waals surface area contributed by atoms with Gasteiger partial charge in [-0.2, -0.15) is 0 Å². The molecule has 0 aromatic carbocycles. The maximum Gasteiger partial charge on any atom is 0.246 e. The van der Waals surface area contributed by atoms with Crippen molar-refractivity contribution in [1.82, 2.24) is 16.0 Å². The van der Waals surface area contributed by atoms with Crippen molar-refractivity contribution in [3.05, 3.63) is 0 Å². The Hall–Kier alpha value is -1.14. The van der Waals surface area contributed by atoms with E-state index < -0.39 is 6.04 Å². The van der Waals surface area contributed by atoms with Crippen LogP contribution >= 0.6 is 0 Å². The number of ether oxygens (including phenoxy) is 1. The van der Waals surface area contributed by atoms with Gasteiger partial charge in [-0.3, -0.25) is 9.59 Å². The zero-order chi connectivity index (χ0) is 15.0. The lowest BCUT2D eigenvalue weighted by Gasteiger charge is -2.23. The highest BCUT2D eigenvalue weighted by Gasteiger charge is 2.21. The van der Waals surface area contributed by atoms with Gasteiger partial charge in [-0.1, -0.05) is 13.8 Å². The molecule has 0 aromatic heterocycles. The lowest BCUT2D eigenvalue weighted by Crippen LogP contribution is -2.48. The Kier molecular flexibility index (Phi) is 7.54. The van der Waals surface area contributed by atoms with Crippen LogP contribution in [0.2, 0.25) is 0 Å². The van der Waals surface area contributed by atoms with Crippen LogP contribution < -0.4 is 16.0 Å². The monoisotopic (exact) mass is 285 g/mol. The Morgan fingerprint density at radius 2 is 1.95 bits per heavy atom. The molecule has 20 heavy (non-hydrogen) atoms. The van der Waals surface area contributed by atoms with E-state index in [0.29, 0.717) is 12.3 Å². The molecule has 0 spiro atoms. The van der Waals surface area contributed by atoms with E-state index in [1.165, 1.54) is 0 Å². The summed E-state index contributed by atoms with van der Waals surface area (Å²) in [6.07, 6.45) is 2.63. The number of amides is 2. The van der Waals surface area contributed by atoms with Gasteiger partial charge in [0.05, 0.1) is 6.10 Å². The predicted octanol–water partition coefficient (Wildman–Crippen LogP) is 0.0319. The highest BCUT2D eigenvalue weighted by molar-refractivity contribution is 5.87. The van der Waals surface area contributed by atoms with Crippen LogP contribution in [0.25, 0.3) is 0 Å². The van der Waals surface area contributed by atoms with Crippen molar-refractivity contribution >= 4 is 11.8 Å². The first-order valence-electron chi connectivity index (χ1n) is 7.36. The Morgan fingerprint density at radius 1 is 1.30 bits per heavy atom. The van der Waals surface area contributed by atoms with E-state index in [9.17, 15) is 9.59 Å². The van der Waals surface area contributed by atoms with Gasteiger partial charge >= 0.3 is 0 Å². The summed E-state index contributed by atoms with van der Waals surface area (Å²) < 4.78 is 5.58. The minimum absolute atomic E-state index is 0.0241. The topological polar surface area (TPSA) is 79.5 Å². The second kappa shape index (κ2) is 8.92. The molecule has 1 atom stereocenters. The van der Waals surface area contributed by atoms with Crippen molar-refractivity contribution in [3.63, 3.8) is 0 Å². The lowest BCUT2D eigenvalue weighted by atomic mass is 10.0. The summed E-state index contributed by atoms with van der Waals surface area (Å²) in [6.45, 7) is 5.93. The maximum absolute atomic E-state index is 11.9. The molecule has 0 bridgehead atoms. The summed E-state index contributed by atoms with van der Waals surface area (Å²) in [5, 5.41) is 8.57. The summed E-state index contributed by atoms with van der Waals surface area (Å²) in [7, 11) is 1.58. The molecule has 116 valence electrons. The molecule has 1 aliphatic heterocycles. The Morgan fingerprint density at radius 3 is 2.50 bits per heavy atom. The smallest absolute Gasteiger partial charge is 0.246 e. The molecule has 1 saturated heterocycles. The lowest BCUT2D eigenvalue weighted by molar-refractivity contribution is -0.133. The minimum atomic E-state index is -0.482. The zero-order valence-corrected chi connectivity index (χ0v) is 12.7. The number of likely N-dealkylation sites (N-methyl/N-ethyl adjacent to an activating group) is 1. The highest BCUT2D eigenvalue weighted by atomic mass is 16.5. The number of carbonyl (C=O) groups excluding carboxylic acids is 2. The fourth-order valence-electron chi connectivity index (χ4n) is 2.27. The van der Waals surface area contributed by atoms with Crippen molar-refractivity contribution < 1.29 is 14.3 Å². The van der Waals surface area contributed by atoms with Crippen LogP contribution in [-0.2, 0) is 14.3 Å². The fourth-order valence-corrected chi connectivity index (χ4v) is 2.27. The molecular formula is C14H27N3O3. The van der Waals surface area contributed by atoms with Gasteiger partial charge in [0.2, 0.25) is 11.8 Å². The molecule has 3 N–H and O–H groups in total. The zero-order valence-electron chi connectivity index (χ0n) is 12.7. The summed E-state index contributed by atoms with van der Waals surface area (Å²) in [4.78, 5) is 23.6. The average molecular weight is 285 g/mol. The molecule has 0 radical (unpaired) electrons. The van der Waals surface area contributed by atoms with E-state index in [-0.39, 0.29) is 24.5 Å². The van der Waals surface area contributed by atoms with E-state index in [1.807, 2.05) is 13.8 Å². The number of rotatable bonds is 7. The van der Waals surface area contributed by atoms with Crippen LogP contribution in [0.15, 0.2) is 0 Å². The molecule has 2 amide bonds. The standard InChI is InChI=1S/C14H27N3O3/c1-10(2)8-12(14(19)15-3)17-13(18)9-20-11-4-6-16-7-5-11/h10-12,16H,4-9H2,1-3H3,(H,15,19)(H,17,18). The molecule has 1 heterocycles. The summed E-state index contributed by atoms with van der Waals surface area (Å²) in [6, 6.07) is -0.482. The van der Waals surface area contributed by atoms with Crippen molar-refractivity contribution in [2.24, 2.45) is 5.92 Å². The van der Waals surface area contributed by atoms with Gasteiger partial charge < -0.3 is 20.7 Å². The number of hydrogen-bond acceptors (Lipinski definition) is 4. The van der Waals surface area contributed by atoms with Crippen LogP contribution in [-0.4, -0.2) is 50.7 Å². The van der Waals surface area contributed by atoms with Gasteiger partial charge in [-0.05, 0) is 38.3 Å². The molecule has 0 saturated carbocycles. The predicted molar refractivity (Wildman–Crippen MR) is 77.3 cm³/mol. The first kappa shape index (κ1) is 16.9. The molecule has 1 unspecified atom stereocenters. The molecule has 0 aliphatic carbocycles. The van der Waals surface area contributed by atoms with Crippen molar-refractivity contribution in [2.45, 2.75) is 45.3 Å². The number of hydrogen-bond donors (Lipinski definition) is 3. The van der Waals surface area contributed by atoms with Gasteiger partial charge in [0.15, 0.2) is 0 Å². The van der Waals surface area contributed by atoms with Gasteiger partial charge in [-0.25, -0.2) is 0 Å². The van der Waals surface area contributed by atoms with E-state index >= 15 is 0 Å². The Bertz CT molecular complexity index is 315. The number of piperidine rings is 1. The van der Waals surface area contributed by atoms with Crippen LogP contribution in [0.4, 0.5) is 0 Å². The van der Waals surface area contributed by atoms with E-state index in [2.05, 4.69) is 16.0 Å². The molecule has 1 rings (SSSR count). The largest absolute Gasteiger partial charge is 0.368 e. The first-order chi connectivity index (χ1) is 9.52. The molecular weight excluding hydrogens is 258 g/mol. The Labute approximate surface area is 121 Å². The normalized spacial score (nSPS) is 17.8. The van der Waals surface area contributed by atoms with Gasteiger partial charge in [0.1, 0.15) is 12.6 Å². The minimum Gasteiger partial charge on any atom is -0.368 e. The average Bonchev–Trinajstić information content (AvgIpc) is 2.44. The van der Waals surface area contributed by atoms with Crippen LogP contribution in [0.1, 0.15) is 33.1 Å². The van der Waals surface area contributed by atoms with Gasteiger partial charge in [0.25, 0.3) is 0 Å². The summed E-state index contributed by atoms with van der Waals surface area (Å²) in [5.74, 6) is -0.0466. The Balaban J connectivity index is 2.34. The summed E-state index contributed by atoms with van der Waals surface area (Å²) >= 11 is 0. The molecule has 0 aromatic rings. The number of nitrogens with one attached hydrogen (secondary N) is 3. The van der Waals surface area contributed by atoms with Crippen LogP contribution in [0.5, 0.6) is 0 Å². The highest BCUT2D eigenvalue weighted by Crippen LogP contribution is 2.07. The molecule has 1 fully saturated rings. The van der Waals surface area contributed by atoms with Crippen molar-refractivity contribution in [1.29, 1.82) is 0 Å². The van der Waals surface area contributed by atoms with E-state index in [1.54, 1.807) is 7.05 Å². The van der Waals surface area contributed by atoms with Crippen LogP contribution in [0, 0.1) is 5.92 Å². The van der Waals surface area contributed by atoms with Crippen LogP contribution in [0.3, 0.4) is 0 Å². The molecule has 6 nitrogen and oxygen atoms in total. The summed E-state index contributed by atoms with van der Waals surface area (Å²) in [5.41, 5.74) is 0.